The smallest absolute Gasteiger partial charge is 0.121 e. The van der Waals surface area contributed by atoms with Crippen LogP contribution in [-0.4, -0.2) is 11.1 Å². The largest absolute Gasteiger partial charge is 0.507 e. The van der Waals surface area contributed by atoms with Gasteiger partial charge in [0.25, 0.3) is 0 Å². The molecule has 0 heterocycles. The maximum absolute atomic E-state index is 9.78. The van der Waals surface area contributed by atoms with E-state index >= 15 is 0 Å². The summed E-state index contributed by atoms with van der Waals surface area (Å²) in [6.45, 7) is 6.92. The van der Waals surface area contributed by atoms with E-state index in [0.29, 0.717) is 11.8 Å². The van der Waals surface area contributed by atoms with Crippen molar-refractivity contribution in [3.63, 3.8) is 0 Å². The van der Waals surface area contributed by atoms with Crippen molar-refractivity contribution in [1.82, 2.24) is 5.32 Å². The highest BCUT2D eigenvalue weighted by Gasteiger charge is 2.06. The fourth-order valence-electron chi connectivity index (χ4n) is 2.48. The molecule has 2 aromatic rings. The Hall–Kier alpha value is -1.80. The van der Waals surface area contributed by atoms with E-state index in [1.54, 1.807) is 0 Å². The number of aryl methyl sites for hydroxylation is 2. The van der Waals surface area contributed by atoms with E-state index in [9.17, 15) is 5.11 Å². The molecule has 0 bridgehead atoms. The lowest BCUT2D eigenvalue weighted by molar-refractivity contribution is 0.466. The zero-order valence-electron chi connectivity index (χ0n) is 12.5. The van der Waals surface area contributed by atoms with Gasteiger partial charge in [0.15, 0.2) is 0 Å². The zero-order chi connectivity index (χ0) is 14.5. The van der Waals surface area contributed by atoms with Crippen molar-refractivity contribution in [2.45, 2.75) is 39.8 Å². The standard InChI is InChI=1S/C18H23NO/c1-13-9-17(10-14(2)18(13)20)12-19-15(3)11-16-7-5-4-6-8-16/h4-10,15,19-20H,11-12H2,1-3H3. The first-order chi connectivity index (χ1) is 9.56. The molecular weight excluding hydrogens is 246 g/mol. The Morgan fingerprint density at radius 2 is 1.60 bits per heavy atom. The SMILES string of the molecule is Cc1cc(CNC(C)Cc2ccccc2)cc(C)c1O. The number of benzene rings is 2. The van der Waals surface area contributed by atoms with Crippen LogP contribution < -0.4 is 5.32 Å². The van der Waals surface area contributed by atoms with Crippen LogP contribution in [0.25, 0.3) is 0 Å². The lowest BCUT2D eigenvalue weighted by Gasteiger charge is -2.15. The van der Waals surface area contributed by atoms with Crippen LogP contribution in [0.1, 0.15) is 29.2 Å². The van der Waals surface area contributed by atoms with Crippen LogP contribution in [0.2, 0.25) is 0 Å². The van der Waals surface area contributed by atoms with Crippen molar-refractivity contribution < 1.29 is 5.11 Å². The fraction of sp³-hybridized carbons (Fsp3) is 0.333. The molecule has 2 N–H and O–H groups in total. The van der Waals surface area contributed by atoms with Crippen LogP contribution in [0.15, 0.2) is 42.5 Å². The van der Waals surface area contributed by atoms with Crippen molar-refractivity contribution >= 4 is 0 Å². The third-order valence-electron chi connectivity index (χ3n) is 3.59. The summed E-state index contributed by atoms with van der Waals surface area (Å²) >= 11 is 0. The van der Waals surface area contributed by atoms with Crippen molar-refractivity contribution in [3.8, 4) is 5.75 Å². The Labute approximate surface area is 121 Å². The van der Waals surface area contributed by atoms with Gasteiger partial charge in [0.2, 0.25) is 0 Å². The third kappa shape index (κ3) is 3.84. The molecule has 20 heavy (non-hydrogen) atoms. The van der Waals surface area contributed by atoms with Gasteiger partial charge in [-0.3, -0.25) is 0 Å². The number of phenolic OH excluding ortho intramolecular Hbond substituents is 1. The third-order valence-corrected chi connectivity index (χ3v) is 3.59. The summed E-state index contributed by atoms with van der Waals surface area (Å²) in [5, 5.41) is 13.3. The van der Waals surface area contributed by atoms with Crippen LogP contribution in [0.4, 0.5) is 0 Å². The molecule has 0 saturated heterocycles. The fourth-order valence-corrected chi connectivity index (χ4v) is 2.48. The topological polar surface area (TPSA) is 32.3 Å². The number of hydrogen-bond acceptors (Lipinski definition) is 2. The molecule has 1 atom stereocenters. The molecule has 0 amide bonds. The van der Waals surface area contributed by atoms with Gasteiger partial charge in [-0.2, -0.15) is 0 Å². The molecule has 2 heteroatoms. The van der Waals surface area contributed by atoms with Crippen LogP contribution in [-0.2, 0) is 13.0 Å². The second kappa shape index (κ2) is 6.58. The zero-order valence-corrected chi connectivity index (χ0v) is 12.5. The van der Waals surface area contributed by atoms with Crippen LogP contribution in [0.5, 0.6) is 5.75 Å². The Morgan fingerprint density at radius 3 is 2.20 bits per heavy atom. The summed E-state index contributed by atoms with van der Waals surface area (Å²) in [6, 6.07) is 15.0. The first kappa shape index (κ1) is 14.6. The normalized spacial score (nSPS) is 12.3. The minimum atomic E-state index is 0.408. The second-order valence-electron chi connectivity index (χ2n) is 5.55. The summed E-state index contributed by atoms with van der Waals surface area (Å²) in [7, 11) is 0. The van der Waals surface area contributed by atoms with E-state index < -0.39 is 0 Å². The van der Waals surface area contributed by atoms with E-state index in [2.05, 4.69) is 36.5 Å². The number of rotatable bonds is 5. The van der Waals surface area contributed by atoms with Gasteiger partial charge in [0, 0.05) is 12.6 Å². The van der Waals surface area contributed by atoms with E-state index in [4.69, 9.17) is 0 Å². The number of hydrogen-bond donors (Lipinski definition) is 2. The Bertz CT molecular complexity index is 540. The first-order valence-electron chi connectivity index (χ1n) is 7.12. The number of phenols is 1. The van der Waals surface area contributed by atoms with Crippen molar-refractivity contribution in [1.29, 1.82) is 0 Å². The van der Waals surface area contributed by atoms with Crippen molar-refractivity contribution in [2.24, 2.45) is 0 Å². The van der Waals surface area contributed by atoms with Gasteiger partial charge in [-0.1, -0.05) is 42.5 Å². The average Bonchev–Trinajstić information content (AvgIpc) is 2.43. The van der Waals surface area contributed by atoms with E-state index in [-0.39, 0.29) is 0 Å². The molecule has 0 fully saturated rings. The maximum atomic E-state index is 9.78. The van der Waals surface area contributed by atoms with Gasteiger partial charge >= 0.3 is 0 Å². The molecule has 0 aliphatic rings. The van der Waals surface area contributed by atoms with E-state index in [0.717, 1.165) is 24.1 Å². The monoisotopic (exact) mass is 269 g/mol. The lowest BCUT2D eigenvalue weighted by atomic mass is 10.0. The quantitative estimate of drug-likeness (QED) is 0.867. The molecule has 0 radical (unpaired) electrons. The summed E-state index contributed by atoms with van der Waals surface area (Å²) in [5.74, 6) is 0.408. The average molecular weight is 269 g/mol. The minimum absolute atomic E-state index is 0.408. The van der Waals surface area contributed by atoms with Gasteiger partial charge in [-0.05, 0) is 49.4 Å². The van der Waals surface area contributed by atoms with Gasteiger partial charge in [0.05, 0.1) is 0 Å². The van der Waals surface area contributed by atoms with E-state index in [1.807, 2.05) is 32.0 Å². The second-order valence-corrected chi connectivity index (χ2v) is 5.55. The van der Waals surface area contributed by atoms with Gasteiger partial charge in [-0.15, -0.1) is 0 Å². The predicted octanol–water partition coefficient (Wildman–Crippen LogP) is 3.73. The van der Waals surface area contributed by atoms with Gasteiger partial charge in [-0.25, -0.2) is 0 Å². The first-order valence-corrected chi connectivity index (χ1v) is 7.12. The summed E-state index contributed by atoms with van der Waals surface area (Å²) in [5.41, 5.74) is 4.46. The summed E-state index contributed by atoms with van der Waals surface area (Å²) < 4.78 is 0. The van der Waals surface area contributed by atoms with Crippen LogP contribution >= 0.6 is 0 Å². The predicted molar refractivity (Wildman–Crippen MR) is 84.0 cm³/mol. The molecular formula is C18H23NO. The Kier molecular flexibility index (Phi) is 4.80. The Morgan fingerprint density at radius 1 is 1.00 bits per heavy atom. The Balaban J connectivity index is 1.92. The lowest BCUT2D eigenvalue weighted by Crippen LogP contribution is -2.27. The summed E-state index contributed by atoms with van der Waals surface area (Å²) in [6.07, 6.45) is 1.02. The molecule has 0 aliphatic heterocycles. The minimum Gasteiger partial charge on any atom is -0.507 e. The molecule has 2 rings (SSSR count). The van der Waals surface area contributed by atoms with Gasteiger partial charge in [0.1, 0.15) is 5.75 Å². The highest BCUT2D eigenvalue weighted by molar-refractivity contribution is 5.42. The maximum Gasteiger partial charge on any atom is 0.121 e. The highest BCUT2D eigenvalue weighted by Crippen LogP contribution is 2.22. The van der Waals surface area contributed by atoms with Crippen molar-refractivity contribution in [2.75, 3.05) is 0 Å². The van der Waals surface area contributed by atoms with Crippen LogP contribution in [0, 0.1) is 13.8 Å². The molecule has 0 saturated carbocycles. The molecule has 0 aromatic heterocycles. The summed E-state index contributed by atoms with van der Waals surface area (Å²) in [4.78, 5) is 0. The molecule has 0 spiro atoms. The molecule has 106 valence electrons. The van der Waals surface area contributed by atoms with E-state index in [1.165, 1.54) is 11.1 Å². The highest BCUT2D eigenvalue weighted by atomic mass is 16.3. The van der Waals surface area contributed by atoms with Gasteiger partial charge < -0.3 is 10.4 Å². The molecule has 2 aromatic carbocycles. The molecule has 0 aliphatic carbocycles. The number of aromatic hydroxyl groups is 1. The molecule has 1 unspecified atom stereocenters. The van der Waals surface area contributed by atoms with Crippen molar-refractivity contribution in [3.05, 3.63) is 64.7 Å². The molecule has 2 nitrogen and oxygen atoms in total. The number of nitrogens with one attached hydrogen (secondary N) is 1. The van der Waals surface area contributed by atoms with Crippen LogP contribution in [0.3, 0.4) is 0 Å².